The molecule has 1 fully saturated rings. The van der Waals surface area contributed by atoms with Crippen LogP contribution in [0.5, 0.6) is 0 Å². The van der Waals surface area contributed by atoms with Crippen LogP contribution in [-0.2, 0) is 17.7 Å². The van der Waals surface area contributed by atoms with E-state index in [1.807, 2.05) is 11.5 Å². The number of carbonyl (C=O) groups excluding carboxylic acids is 1. The van der Waals surface area contributed by atoms with Gasteiger partial charge in [0.25, 0.3) is 0 Å². The molecular weight excluding hydrogens is 278 g/mol. The highest BCUT2D eigenvalue weighted by Gasteiger charge is 2.12. The van der Waals surface area contributed by atoms with E-state index < -0.39 is 0 Å². The molecule has 1 aliphatic rings. The Labute approximate surface area is 125 Å². The summed E-state index contributed by atoms with van der Waals surface area (Å²) in [5, 5.41) is 3.49. The number of aromatic nitrogens is 2. The van der Waals surface area contributed by atoms with E-state index in [2.05, 4.69) is 17.2 Å². The zero-order chi connectivity index (χ0) is 14.8. The van der Waals surface area contributed by atoms with Gasteiger partial charge in [-0.3, -0.25) is 4.79 Å². The normalized spacial score (nSPS) is 14.6. The molecule has 1 N–H and O–H groups in total. The summed E-state index contributed by atoms with van der Waals surface area (Å²) < 4.78 is 6.89. The number of hydrogen-bond donors (Lipinski definition) is 1. The van der Waals surface area contributed by atoms with Gasteiger partial charge < -0.3 is 14.6 Å². The zero-order valence-electron chi connectivity index (χ0n) is 12.3. The van der Waals surface area contributed by atoms with Crippen LogP contribution in [0, 0.1) is 0 Å². The molecule has 0 aliphatic carbocycles. The van der Waals surface area contributed by atoms with Crippen LogP contribution in [-0.4, -0.2) is 42.1 Å². The van der Waals surface area contributed by atoms with Gasteiger partial charge >= 0.3 is 0 Å². The number of carbonyl (C=O) groups is 1. The number of hydrogen-bond acceptors (Lipinski definition) is 4. The van der Waals surface area contributed by atoms with E-state index in [1.165, 1.54) is 0 Å². The molecule has 5 nitrogen and oxygen atoms in total. The van der Waals surface area contributed by atoms with Gasteiger partial charge in [0, 0.05) is 26.1 Å². The second-order valence-corrected chi connectivity index (χ2v) is 4.89. The van der Waals surface area contributed by atoms with Crippen molar-refractivity contribution in [1.29, 1.82) is 0 Å². The molecule has 0 spiro atoms. The van der Waals surface area contributed by atoms with E-state index in [9.17, 15) is 4.79 Å². The van der Waals surface area contributed by atoms with E-state index in [0.717, 1.165) is 64.2 Å². The molecule has 0 atom stereocenters. The summed E-state index contributed by atoms with van der Waals surface area (Å²) in [5.41, 5.74) is 0.500. The summed E-state index contributed by atoms with van der Waals surface area (Å²) in [5.74, 6) is 0.918. The largest absolute Gasteiger partial charge is 0.379 e. The maximum Gasteiger partial charge on any atom is 0.169 e. The van der Waals surface area contributed by atoms with Crippen LogP contribution in [0.1, 0.15) is 43.0 Å². The molecule has 0 amide bonds. The van der Waals surface area contributed by atoms with Crippen LogP contribution < -0.4 is 5.32 Å². The summed E-state index contributed by atoms with van der Waals surface area (Å²) in [4.78, 5) is 14.9. The number of aryl methyl sites for hydroxylation is 1. The number of morpholine rings is 1. The lowest BCUT2D eigenvalue weighted by Crippen LogP contribution is -2.30. The Hall–Kier alpha value is -0.910. The number of rotatable bonds is 5. The molecule has 0 unspecified atom stereocenters. The molecule has 6 heteroatoms. The monoisotopic (exact) mass is 301 g/mol. The van der Waals surface area contributed by atoms with Crippen molar-refractivity contribution < 1.29 is 9.53 Å². The Balaban J connectivity index is 0.000000276. The molecule has 0 saturated carbocycles. The Bertz CT molecular complexity index is 392. The fourth-order valence-corrected chi connectivity index (χ4v) is 2.23. The quantitative estimate of drug-likeness (QED) is 0.848. The molecule has 0 aromatic carbocycles. The number of nitrogens with zero attached hydrogens (tertiary/aromatic N) is 2. The van der Waals surface area contributed by atoms with Crippen molar-refractivity contribution in [2.75, 3.05) is 26.3 Å². The van der Waals surface area contributed by atoms with Crippen LogP contribution in [0.15, 0.2) is 0 Å². The Kier molecular flexibility index (Phi) is 8.49. The number of halogens is 1. The highest BCUT2D eigenvalue weighted by molar-refractivity contribution is 6.31. The summed E-state index contributed by atoms with van der Waals surface area (Å²) >= 11 is 5.84. The minimum atomic E-state index is 0.327. The van der Waals surface area contributed by atoms with Gasteiger partial charge in [0.2, 0.25) is 0 Å². The Morgan fingerprint density at radius 2 is 2.10 bits per heavy atom. The van der Waals surface area contributed by atoms with Gasteiger partial charge in [-0.15, -0.1) is 0 Å². The van der Waals surface area contributed by atoms with Gasteiger partial charge in [-0.1, -0.05) is 24.9 Å². The summed E-state index contributed by atoms with van der Waals surface area (Å²) in [6, 6.07) is 0. The van der Waals surface area contributed by atoms with E-state index in [0.29, 0.717) is 10.8 Å². The standard InChI is InChI=1S/C10H15ClN2O.C4H9NO/c1-3-5-6-9-12-10(11)8(7-14)13(9)4-2;1-3-6-4-2-5-1/h7H,3-6H2,1-2H3;5H,1-4H2. The van der Waals surface area contributed by atoms with Gasteiger partial charge in [-0.25, -0.2) is 4.98 Å². The van der Waals surface area contributed by atoms with Gasteiger partial charge in [-0.2, -0.15) is 0 Å². The number of unbranched alkanes of at least 4 members (excludes halogenated alkanes) is 1. The smallest absolute Gasteiger partial charge is 0.169 e. The Morgan fingerprint density at radius 1 is 1.40 bits per heavy atom. The minimum absolute atomic E-state index is 0.327. The third-order valence-electron chi connectivity index (χ3n) is 3.07. The van der Waals surface area contributed by atoms with Crippen molar-refractivity contribution in [1.82, 2.24) is 14.9 Å². The van der Waals surface area contributed by atoms with E-state index in [1.54, 1.807) is 0 Å². The topological polar surface area (TPSA) is 56.1 Å². The lowest BCUT2D eigenvalue weighted by atomic mass is 10.2. The van der Waals surface area contributed by atoms with Crippen molar-refractivity contribution in [3.63, 3.8) is 0 Å². The average molecular weight is 302 g/mol. The first kappa shape index (κ1) is 17.1. The van der Waals surface area contributed by atoms with E-state index >= 15 is 0 Å². The Morgan fingerprint density at radius 3 is 2.50 bits per heavy atom. The van der Waals surface area contributed by atoms with Crippen LogP contribution >= 0.6 is 11.6 Å². The first-order valence-electron chi connectivity index (χ1n) is 7.23. The molecule has 1 aromatic rings. The highest BCUT2D eigenvalue weighted by Crippen LogP contribution is 2.17. The molecule has 1 aliphatic heterocycles. The van der Waals surface area contributed by atoms with E-state index in [4.69, 9.17) is 16.3 Å². The van der Waals surface area contributed by atoms with Crippen LogP contribution in [0.3, 0.4) is 0 Å². The van der Waals surface area contributed by atoms with Crippen LogP contribution in [0.4, 0.5) is 0 Å². The second kappa shape index (κ2) is 9.91. The fourth-order valence-electron chi connectivity index (χ4n) is 1.99. The first-order chi connectivity index (χ1) is 9.74. The van der Waals surface area contributed by atoms with Gasteiger partial charge in [0.05, 0.1) is 13.2 Å². The maximum atomic E-state index is 10.7. The SMILES string of the molecule is C1COCCN1.CCCCc1nc(Cl)c(C=O)n1CC. The molecule has 1 saturated heterocycles. The third-order valence-corrected chi connectivity index (χ3v) is 3.35. The lowest BCUT2D eigenvalue weighted by molar-refractivity contribution is 0.109. The van der Waals surface area contributed by atoms with Gasteiger partial charge in [-0.05, 0) is 13.3 Å². The average Bonchev–Trinajstić information content (AvgIpc) is 2.82. The summed E-state index contributed by atoms with van der Waals surface area (Å²) in [6.07, 6.45) is 3.85. The number of aldehydes is 1. The van der Waals surface area contributed by atoms with Crippen molar-refractivity contribution in [2.24, 2.45) is 0 Å². The zero-order valence-corrected chi connectivity index (χ0v) is 13.1. The predicted molar refractivity (Wildman–Crippen MR) is 80.6 cm³/mol. The fraction of sp³-hybridized carbons (Fsp3) is 0.714. The van der Waals surface area contributed by atoms with Crippen LogP contribution in [0.2, 0.25) is 5.15 Å². The van der Waals surface area contributed by atoms with Crippen molar-refractivity contribution >= 4 is 17.9 Å². The molecular formula is C14H24ClN3O2. The molecule has 0 radical (unpaired) electrons. The number of ether oxygens (including phenoxy) is 1. The summed E-state index contributed by atoms with van der Waals surface area (Å²) in [6.45, 7) is 8.69. The van der Waals surface area contributed by atoms with E-state index in [-0.39, 0.29) is 0 Å². The third kappa shape index (κ3) is 5.23. The lowest BCUT2D eigenvalue weighted by Gasteiger charge is -2.10. The molecule has 2 heterocycles. The molecule has 1 aromatic heterocycles. The molecule has 20 heavy (non-hydrogen) atoms. The molecule has 114 valence electrons. The van der Waals surface area contributed by atoms with Gasteiger partial charge in [0.15, 0.2) is 11.4 Å². The van der Waals surface area contributed by atoms with Crippen molar-refractivity contribution in [2.45, 2.75) is 39.7 Å². The van der Waals surface area contributed by atoms with Crippen molar-refractivity contribution in [3.8, 4) is 0 Å². The van der Waals surface area contributed by atoms with Crippen molar-refractivity contribution in [3.05, 3.63) is 16.7 Å². The predicted octanol–water partition coefficient (Wildman–Crippen LogP) is 2.32. The number of imidazole rings is 1. The minimum Gasteiger partial charge on any atom is -0.379 e. The first-order valence-corrected chi connectivity index (χ1v) is 7.60. The summed E-state index contributed by atoms with van der Waals surface area (Å²) in [7, 11) is 0. The molecule has 2 rings (SSSR count). The maximum absolute atomic E-state index is 10.7. The highest BCUT2D eigenvalue weighted by atomic mass is 35.5. The number of nitrogens with one attached hydrogen (secondary N) is 1. The van der Waals surface area contributed by atoms with Gasteiger partial charge in [0.1, 0.15) is 11.5 Å². The molecule has 0 bridgehead atoms. The second-order valence-electron chi connectivity index (χ2n) is 4.53. The van der Waals surface area contributed by atoms with Crippen LogP contribution in [0.25, 0.3) is 0 Å².